The van der Waals surface area contributed by atoms with Crippen LogP contribution in [-0.2, 0) is 4.79 Å². The van der Waals surface area contributed by atoms with Crippen LogP contribution in [0.4, 0.5) is 5.82 Å². The quantitative estimate of drug-likeness (QED) is 0.891. The first-order valence-electron chi connectivity index (χ1n) is 6.48. The summed E-state index contributed by atoms with van der Waals surface area (Å²) in [4.78, 5) is 14.1. The Hall–Kier alpha value is -1.36. The van der Waals surface area contributed by atoms with Crippen LogP contribution in [0.5, 0.6) is 0 Å². The Balaban J connectivity index is 1.83. The van der Waals surface area contributed by atoms with Crippen LogP contribution in [0.15, 0.2) is 10.6 Å². The molecule has 5 heteroatoms. The molecule has 0 bridgehead atoms. The van der Waals surface area contributed by atoms with Gasteiger partial charge in [0.15, 0.2) is 5.82 Å². The van der Waals surface area contributed by atoms with Crippen LogP contribution < -0.4 is 5.32 Å². The average Bonchev–Trinajstić information content (AvgIpc) is 2.61. The van der Waals surface area contributed by atoms with Gasteiger partial charge in [-0.2, -0.15) is 0 Å². The summed E-state index contributed by atoms with van der Waals surface area (Å²) in [6, 6.07) is 1.72. The summed E-state index contributed by atoms with van der Waals surface area (Å²) in [6.45, 7) is 8.70. The maximum atomic E-state index is 11.9. The molecule has 0 spiro atoms. The zero-order valence-corrected chi connectivity index (χ0v) is 11.3. The van der Waals surface area contributed by atoms with Crippen molar-refractivity contribution in [3.63, 3.8) is 0 Å². The van der Waals surface area contributed by atoms with Crippen molar-refractivity contribution >= 4 is 11.7 Å². The van der Waals surface area contributed by atoms with Crippen LogP contribution >= 0.6 is 0 Å². The summed E-state index contributed by atoms with van der Waals surface area (Å²) in [5.41, 5.74) is 0. The Bertz CT molecular complexity index is 406. The number of aryl methyl sites for hydroxylation is 1. The second-order valence-electron chi connectivity index (χ2n) is 5.51. The molecule has 0 aromatic carbocycles. The lowest BCUT2D eigenvalue weighted by Gasteiger charge is -2.34. The number of piperidine rings is 1. The molecule has 2 rings (SSSR count). The first-order chi connectivity index (χ1) is 8.52. The fourth-order valence-electron chi connectivity index (χ4n) is 2.73. The highest BCUT2D eigenvalue weighted by atomic mass is 16.5. The molecule has 1 saturated heterocycles. The first kappa shape index (κ1) is 13.1. The van der Waals surface area contributed by atoms with Gasteiger partial charge in [-0.15, -0.1) is 0 Å². The highest BCUT2D eigenvalue weighted by Gasteiger charge is 2.23. The fourth-order valence-corrected chi connectivity index (χ4v) is 2.73. The van der Waals surface area contributed by atoms with Gasteiger partial charge in [-0.05, 0) is 25.2 Å². The molecule has 1 aromatic heterocycles. The molecule has 2 atom stereocenters. The summed E-state index contributed by atoms with van der Waals surface area (Å²) in [5.74, 6) is 2.50. The van der Waals surface area contributed by atoms with E-state index in [4.69, 9.17) is 4.52 Å². The van der Waals surface area contributed by atoms with E-state index in [2.05, 4.69) is 29.2 Å². The summed E-state index contributed by atoms with van der Waals surface area (Å²) in [5, 5.41) is 6.51. The topological polar surface area (TPSA) is 58.4 Å². The monoisotopic (exact) mass is 251 g/mol. The number of nitrogens with zero attached hydrogens (tertiary/aromatic N) is 2. The van der Waals surface area contributed by atoms with E-state index < -0.39 is 0 Å². The lowest BCUT2D eigenvalue weighted by atomic mass is 9.92. The van der Waals surface area contributed by atoms with Gasteiger partial charge in [0.1, 0.15) is 5.76 Å². The Morgan fingerprint density at radius 3 is 2.72 bits per heavy atom. The maximum absolute atomic E-state index is 11.9. The average molecular weight is 251 g/mol. The third kappa shape index (κ3) is 3.57. The highest BCUT2D eigenvalue weighted by molar-refractivity contribution is 5.91. The number of carbonyl (C=O) groups excluding carboxylic acids is 1. The second-order valence-corrected chi connectivity index (χ2v) is 5.51. The third-order valence-corrected chi connectivity index (χ3v) is 3.21. The smallest absolute Gasteiger partial charge is 0.239 e. The molecule has 1 amide bonds. The molecule has 100 valence electrons. The molecule has 1 N–H and O–H groups in total. The van der Waals surface area contributed by atoms with Gasteiger partial charge in [0.2, 0.25) is 5.91 Å². The minimum absolute atomic E-state index is 0.0235. The van der Waals surface area contributed by atoms with Crippen molar-refractivity contribution in [1.82, 2.24) is 10.1 Å². The van der Waals surface area contributed by atoms with Gasteiger partial charge in [0, 0.05) is 19.2 Å². The summed E-state index contributed by atoms with van der Waals surface area (Å²) < 4.78 is 4.91. The van der Waals surface area contributed by atoms with E-state index in [1.165, 1.54) is 6.42 Å². The van der Waals surface area contributed by atoms with Gasteiger partial charge in [-0.1, -0.05) is 19.0 Å². The van der Waals surface area contributed by atoms with Crippen LogP contribution in [0.1, 0.15) is 26.0 Å². The number of hydrogen-bond acceptors (Lipinski definition) is 4. The molecule has 1 fully saturated rings. The Labute approximate surface area is 108 Å². The minimum atomic E-state index is -0.0235. The summed E-state index contributed by atoms with van der Waals surface area (Å²) >= 11 is 0. The number of rotatable bonds is 3. The maximum Gasteiger partial charge on any atom is 0.239 e. The SMILES string of the molecule is Cc1cc(NC(=O)CN2C[C@@H](C)C[C@H](C)C2)no1. The second kappa shape index (κ2) is 5.52. The number of nitrogens with one attached hydrogen (secondary N) is 1. The molecule has 0 aliphatic carbocycles. The zero-order chi connectivity index (χ0) is 13.1. The molecular formula is C13H21N3O2. The van der Waals surface area contributed by atoms with Gasteiger partial charge in [-0.25, -0.2) is 0 Å². The van der Waals surface area contributed by atoms with E-state index in [0.29, 0.717) is 30.0 Å². The largest absolute Gasteiger partial charge is 0.360 e. The first-order valence-corrected chi connectivity index (χ1v) is 6.48. The van der Waals surface area contributed by atoms with Gasteiger partial charge in [0.05, 0.1) is 6.54 Å². The van der Waals surface area contributed by atoms with Crippen molar-refractivity contribution in [2.45, 2.75) is 27.2 Å². The lowest BCUT2D eigenvalue weighted by Crippen LogP contribution is -2.42. The number of carbonyl (C=O) groups is 1. The van der Waals surface area contributed by atoms with Gasteiger partial charge in [-0.3, -0.25) is 9.69 Å². The van der Waals surface area contributed by atoms with E-state index >= 15 is 0 Å². The fraction of sp³-hybridized carbons (Fsp3) is 0.692. The Morgan fingerprint density at radius 2 is 2.17 bits per heavy atom. The van der Waals surface area contributed by atoms with E-state index in [-0.39, 0.29) is 5.91 Å². The zero-order valence-electron chi connectivity index (χ0n) is 11.3. The van der Waals surface area contributed by atoms with E-state index in [9.17, 15) is 4.79 Å². The number of hydrogen-bond donors (Lipinski definition) is 1. The number of aromatic nitrogens is 1. The standard InChI is InChI=1S/C13H21N3O2/c1-9-4-10(2)7-16(6-9)8-13(17)14-12-5-11(3)18-15-12/h5,9-10H,4,6-8H2,1-3H3,(H,14,15,17)/t9-,10-/m0/s1. The van der Waals surface area contributed by atoms with Crippen LogP contribution in [0.25, 0.3) is 0 Å². The van der Waals surface area contributed by atoms with Crippen LogP contribution in [0.3, 0.4) is 0 Å². The van der Waals surface area contributed by atoms with Crippen molar-refractivity contribution in [3.05, 3.63) is 11.8 Å². The van der Waals surface area contributed by atoms with Crippen LogP contribution in [0.2, 0.25) is 0 Å². The molecule has 0 saturated carbocycles. The molecule has 0 unspecified atom stereocenters. The van der Waals surface area contributed by atoms with Crippen molar-refractivity contribution in [3.8, 4) is 0 Å². The van der Waals surface area contributed by atoms with Crippen molar-refractivity contribution in [1.29, 1.82) is 0 Å². The highest BCUT2D eigenvalue weighted by Crippen LogP contribution is 2.20. The molecular weight excluding hydrogens is 230 g/mol. The number of anilines is 1. The van der Waals surface area contributed by atoms with Gasteiger partial charge >= 0.3 is 0 Å². The molecule has 1 aromatic rings. The van der Waals surface area contributed by atoms with Crippen molar-refractivity contribution in [2.24, 2.45) is 11.8 Å². The molecule has 2 heterocycles. The Kier molecular flexibility index (Phi) is 4.01. The van der Waals surface area contributed by atoms with Crippen LogP contribution in [0, 0.1) is 18.8 Å². The predicted molar refractivity (Wildman–Crippen MR) is 69.3 cm³/mol. The number of amides is 1. The van der Waals surface area contributed by atoms with Crippen LogP contribution in [-0.4, -0.2) is 35.6 Å². The molecule has 1 aliphatic heterocycles. The number of likely N-dealkylation sites (tertiary alicyclic amines) is 1. The van der Waals surface area contributed by atoms with Crippen molar-refractivity contribution < 1.29 is 9.32 Å². The van der Waals surface area contributed by atoms with E-state index in [1.54, 1.807) is 13.0 Å². The predicted octanol–water partition coefficient (Wildman–Crippen LogP) is 1.90. The minimum Gasteiger partial charge on any atom is -0.360 e. The van der Waals surface area contributed by atoms with Gasteiger partial charge < -0.3 is 9.84 Å². The van der Waals surface area contributed by atoms with E-state index in [1.807, 2.05) is 0 Å². The molecule has 18 heavy (non-hydrogen) atoms. The molecule has 1 aliphatic rings. The van der Waals surface area contributed by atoms with Crippen molar-refractivity contribution in [2.75, 3.05) is 25.0 Å². The molecule has 5 nitrogen and oxygen atoms in total. The summed E-state index contributed by atoms with van der Waals surface area (Å²) in [6.07, 6.45) is 1.25. The normalized spacial score (nSPS) is 25.1. The Morgan fingerprint density at radius 1 is 1.50 bits per heavy atom. The summed E-state index contributed by atoms with van der Waals surface area (Å²) in [7, 11) is 0. The van der Waals surface area contributed by atoms with Gasteiger partial charge in [0.25, 0.3) is 0 Å². The lowest BCUT2D eigenvalue weighted by molar-refractivity contribution is -0.117. The van der Waals surface area contributed by atoms with E-state index in [0.717, 1.165) is 13.1 Å². The third-order valence-electron chi connectivity index (χ3n) is 3.21. The molecule has 0 radical (unpaired) electrons.